The van der Waals surface area contributed by atoms with Crippen LogP contribution in [-0.4, -0.2) is 140 Å². The number of hydrogen-bond donors (Lipinski definition) is 8. The minimum Gasteiger partial charge on any atom is -0.481 e. The standard InChI is InChI=1S/C33H56O15/c1-18(14-12-10-8-6-4-3-5-7-9-11-13-15-20-23(30(41)42)19(2)31(43)46-20)45-33-29(40)27(38)25(36)22(48-33)17-44-32-28(39)26(37)24(35)21(16-34)47-32/h18,20-29,32-40H,2-17H2,1H3,(H,41,42). The molecule has 48 heavy (non-hydrogen) atoms. The van der Waals surface area contributed by atoms with Crippen molar-refractivity contribution in [2.75, 3.05) is 13.2 Å². The maximum absolute atomic E-state index is 11.6. The summed E-state index contributed by atoms with van der Waals surface area (Å²) < 4.78 is 27.4. The zero-order valence-electron chi connectivity index (χ0n) is 27.8. The van der Waals surface area contributed by atoms with Gasteiger partial charge in [0, 0.05) is 5.57 Å². The Morgan fingerprint density at radius 1 is 0.729 bits per heavy atom. The van der Waals surface area contributed by atoms with E-state index in [1.165, 1.54) is 0 Å². The molecule has 0 spiro atoms. The highest BCUT2D eigenvalue weighted by atomic mass is 16.7. The van der Waals surface area contributed by atoms with Gasteiger partial charge in [-0.05, 0) is 26.2 Å². The second-order valence-electron chi connectivity index (χ2n) is 13.2. The van der Waals surface area contributed by atoms with Crippen LogP contribution in [0.1, 0.15) is 90.4 Å². The fourth-order valence-corrected chi connectivity index (χ4v) is 6.39. The van der Waals surface area contributed by atoms with E-state index in [1.54, 1.807) is 0 Å². The molecule has 0 aromatic rings. The number of aliphatic hydroxyl groups excluding tert-OH is 7. The van der Waals surface area contributed by atoms with E-state index in [1.807, 2.05) is 6.92 Å². The van der Waals surface area contributed by atoms with Gasteiger partial charge in [0.05, 0.1) is 19.3 Å². The van der Waals surface area contributed by atoms with Crippen LogP contribution >= 0.6 is 0 Å². The van der Waals surface area contributed by atoms with Gasteiger partial charge < -0.3 is 64.5 Å². The van der Waals surface area contributed by atoms with Crippen molar-refractivity contribution >= 4 is 11.9 Å². The van der Waals surface area contributed by atoms with Crippen LogP contribution in [0.4, 0.5) is 0 Å². The Labute approximate surface area is 281 Å². The molecule has 15 heteroatoms. The molecular formula is C33H56O15. The van der Waals surface area contributed by atoms with Gasteiger partial charge in [0.15, 0.2) is 12.6 Å². The zero-order chi connectivity index (χ0) is 35.4. The Hall–Kier alpha value is -1.76. The van der Waals surface area contributed by atoms with E-state index in [4.69, 9.17) is 23.7 Å². The fourth-order valence-electron chi connectivity index (χ4n) is 6.39. The van der Waals surface area contributed by atoms with Crippen molar-refractivity contribution in [3.63, 3.8) is 0 Å². The average Bonchev–Trinajstić information content (AvgIpc) is 3.34. The fraction of sp³-hybridized carbons (Fsp3) is 0.879. The van der Waals surface area contributed by atoms with Crippen LogP contribution in [0.2, 0.25) is 0 Å². The number of carbonyl (C=O) groups excluding carboxylic acids is 1. The first-order chi connectivity index (χ1) is 22.9. The lowest BCUT2D eigenvalue weighted by molar-refractivity contribution is -0.335. The van der Waals surface area contributed by atoms with E-state index in [9.17, 15) is 50.4 Å². The number of carboxylic acids is 1. The molecule has 0 amide bonds. The summed E-state index contributed by atoms with van der Waals surface area (Å²) in [6.45, 7) is 4.33. The van der Waals surface area contributed by atoms with Gasteiger partial charge in [-0.2, -0.15) is 0 Å². The molecule has 3 fully saturated rings. The molecule has 3 heterocycles. The topological polar surface area (TPSA) is 242 Å². The molecular weight excluding hydrogens is 636 g/mol. The maximum Gasteiger partial charge on any atom is 0.334 e. The first-order valence-corrected chi connectivity index (χ1v) is 17.3. The highest BCUT2D eigenvalue weighted by Crippen LogP contribution is 2.31. The van der Waals surface area contributed by atoms with Gasteiger partial charge in [0.1, 0.15) is 60.9 Å². The summed E-state index contributed by atoms with van der Waals surface area (Å²) in [5.74, 6) is -2.61. The third-order valence-electron chi connectivity index (χ3n) is 9.44. The molecule has 0 radical (unpaired) electrons. The number of ether oxygens (including phenoxy) is 5. The molecule has 3 saturated heterocycles. The monoisotopic (exact) mass is 692 g/mol. The van der Waals surface area contributed by atoms with Gasteiger partial charge in [-0.15, -0.1) is 0 Å². The van der Waals surface area contributed by atoms with Crippen molar-refractivity contribution in [2.24, 2.45) is 5.92 Å². The number of cyclic esters (lactones) is 1. The molecule has 0 aromatic carbocycles. The van der Waals surface area contributed by atoms with Gasteiger partial charge in [0.2, 0.25) is 0 Å². The number of carboxylic acid groups (broad SMARTS) is 1. The molecule has 278 valence electrons. The summed E-state index contributed by atoms with van der Waals surface area (Å²) in [6.07, 6.45) is -2.74. The minimum absolute atomic E-state index is 0.0306. The summed E-state index contributed by atoms with van der Waals surface area (Å²) in [5, 5.41) is 79.9. The van der Waals surface area contributed by atoms with Gasteiger partial charge >= 0.3 is 11.9 Å². The predicted octanol–water partition coefficient (Wildman–Crippen LogP) is 0.269. The van der Waals surface area contributed by atoms with Crippen LogP contribution < -0.4 is 0 Å². The number of aliphatic hydroxyl groups is 7. The van der Waals surface area contributed by atoms with E-state index < -0.39 is 98.6 Å². The number of aliphatic carboxylic acids is 1. The first-order valence-electron chi connectivity index (χ1n) is 17.3. The molecule has 3 aliphatic rings. The molecule has 0 aliphatic carbocycles. The van der Waals surface area contributed by atoms with Crippen LogP contribution in [0.15, 0.2) is 12.2 Å². The highest BCUT2D eigenvalue weighted by Gasteiger charge is 2.48. The van der Waals surface area contributed by atoms with E-state index in [2.05, 4.69) is 6.58 Å². The largest absolute Gasteiger partial charge is 0.481 e. The Kier molecular flexibility index (Phi) is 17.1. The summed E-state index contributed by atoms with van der Waals surface area (Å²) in [5.41, 5.74) is 0.0306. The molecule has 3 rings (SSSR count). The Morgan fingerprint density at radius 3 is 1.79 bits per heavy atom. The molecule has 3 aliphatic heterocycles. The predicted molar refractivity (Wildman–Crippen MR) is 167 cm³/mol. The zero-order valence-corrected chi connectivity index (χ0v) is 27.8. The second-order valence-corrected chi connectivity index (χ2v) is 13.2. The summed E-state index contributed by atoms with van der Waals surface area (Å²) in [4.78, 5) is 23.0. The van der Waals surface area contributed by atoms with E-state index >= 15 is 0 Å². The number of esters is 1. The van der Waals surface area contributed by atoms with Crippen LogP contribution in [0.3, 0.4) is 0 Å². The van der Waals surface area contributed by atoms with E-state index in [0.717, 1.165) is 70.6 Å². The van der Waals surface area contributed by atoms with E-state index in [-0.39, 0.29) is 11.7 Å². The molecule has 0 bridgehead atoms. The minimum atomic E-state index is -1.64. The lowest BCUT2D eigenvalue weighted by Crippen LogP contribution is -2.62. The van der Waals surface area contributed by atoms with Gasteiger partial charge in [-0.3, -0.25) is 4.79 Å². The average molecular weight is 693 g/mol. The van der Waals surface area contributed by atoms with E-state index in [0.29, 0.717) is 12.8 Å². The molecule has 0 aromatic heterocycles. The number of unbranched alkanes of at least 4 members (excludes halogenated alkanes) is 10. The SMILES string of the molecule is C=C1C(=O)OC(CCCCCCCCCCCCCC(C)OC2OC(COC3OC(CO)C(O)C(O)C3O)C(O)C(O)C2O)C1C(=O)O. The normalized spacial score (nSPS) is 36.2. The second kappa shape index (κ2) is 20.2. The Bertz CT molecular complexity index is 994. The van der Waals surface area contributed by atoms with Crippen molar-refractivity contribution < 1.29 is 74.1 Å². The number of carbonyl (C=O) groups is 2. The van der Waals surface area contributed by atoms with Crippen LogP contribution in [0.25, 0.3) is 0 Å². The molecule has 13 atom stereocenters. The summed E-state index contributed by atoms with van der Waals surface area (Å²) in [6, 6.07) is 0. The van der Waals surface area contributed by atoms with Gasteiger partial charge in [-0.25, -0.2) is 4.79 Å². The van der Waals surface area contributed by atoms with Crippen molar-refractivity contribution in [1.29, 1.82) is 0 Å². The van der Waals surface area contributed by atoms with Crippen LogP contribution in [0.5, 0.6) is 0 Å². The molecule has 8 N–H and O–H groups in total. The molecule has 0 saturated carbocycles. The quantitative estimate of drug-likeness (QED) is 0.0457. The lowest BCUT2D eigenvalue weighted by atomic mass is 9.93. The Balaban J connectivity index is 1.22. The summed E-state index contributed by atoms with van der Waals surface area (Å²) >= 11 is 0. The number of rotatable bonds is 21. The smallest absolute Gasteiger partial charge is 0.334 e. The third-order valence-corrected chi connectivity index (χ3v) is 9.44. The van der Waals surface area contributed by atoms with Crippen molar-refractivity contribution in [1.82, 2.24) is 0 Å². The van der Waals surface area contributed by atoms with Gasteiger partial charge in [0.25, 0.3) is 0 Å². The first kappa shape index (κ1) is 40.7. The van der Waals surface area contributed by atoms with Crippen LogP contribution in [0, 0.1) is 5.92 Å². The highest BCUT2D eigenvalue weighted by molar-refractivity contribution is 5.97. The number of hydrogen-bond acceptors (Lipinski definition) is 14. The lowest BCUT2D eigenvalue weighted by Gasteiger charge is -2.43. The Morgan fingerprint density at radius 2 is 1.23 bits per heavy atom. The molecule has 15 nitrogen and oxygen atoms in total. The van der Waals surface area contributed by atoms with Crippen molar-refractivity contribution in [2.45, 2.75) is 164 Å². The third kappa shape index (κ3) is 11.4. The van der Waals surface area contributed by atoms with Crippen molar-refractivity contribution in [3.05, 3.63) is 12.2 Å². The van der Waals surface area contributed by atoms with Crippen LogP contribution in [-0.2, 0) is 33.3 Å². The van der Waals surface area contributed by atoms with Crippen molar-refractivity contribution in [3.8, 4) is 0 Å². The maximum atomic E-state index is 11.6. The summed E-state index contributed by atoms with van der Waals surface area (Å²) in [7, 11) is 0. The molecule has 13 unspecified atom stereocenters. The van der Waals surface area contributed by atoms with Gasteiger partial charge in [-0.1, -0.05) is 70.8 Å².